The molecule has 0 aliphatic heterocycles. The van der Waals surface area contributed by atoms with Gasteiger partial charge in [-0.1, -0.05) is 60.1 Å². The highest BCUT2D eigenvalue weighted by atomic mass is 35.5. The number of benzene rings is 2. The van der Waals surface area contributed by atoms with Crippen molar-refractivity contribution in [2.24, 2.45) is 0 Å². The van der Waals surface area contributed by atoms with Gasteiger partial charge in [-0.2, -0.15) is 0 Å². The maximum absolute atomic E-state index is 6.27. The second-order valence-corrected chi connectivity index (χ2v) is 6.04. The van der Waals surface area contributed by atoms with Crippen LogP contribution in [0.25, 0.3) is 11.1 Å². The van der Waals surface area contributed by atoms with Crippen LogP contribution in [0.5, 0.6) is 5.75 Å². The topological polar surface area (TPSA) is 34.1 Å². The molecular weight excluding hydrogens is 332 g/mol. The van der Waals surface area contributed by atoms with E-state index in [1.54, 1.807) is 0 Å². The van der Waals surface area contributed by atoms with Gasteiger partial charge < -0.3 is 10.1 Å². The van der Waals surface area contributed by atoms with E-state index >= 15 is 0 Å². The van der Waals surface area contributed by atoms with Crippen molar-refractivity contribution < 1.29 is 4.74 Å². The van der Waals surface area contributed by atoms with Gasteiger partial charge in [0.05, 0.1) is 6.61 Å². The Hall–Kier alpha value is -2.36. The van der Waals surface area contributed by atoms with Gasteiger partial charge in [-0.05, 0) is 24.6 Å². The zero-order chi connectivity index (χ0) is 17.5. The molecule has 2 aromatic carbocycles. The minimum absolute atomic E-state index is 0.533. The summed E-state index contributed by atoms with van der Waals surface area (Å²) < 4.78 is 5.66. The number of nitrogens with one attached hydrogen (secondary N) is 1. The van der Waals surface area contributed by atoms with Crippen LogP contribution in [0, 0.1) is 0 Å². The van der Waals surface area contributed by atoms with Crippen molar-refractivity contribution in [3.05, 3.63) is 83.1 Å². The van der Waals surface area contributed by atoms with Crippen molar-refractivity contribution >= 4 is 11.6 Å². The summed E-state index contributed by atoms with van der Waals surface area (Å²) in [4.78, 5) is 4.33. The molecule has 0 aliphatic carbocycles. The molecular formula is C21H21ClN2O. The molecule has 0 radical (unpaired) electrons. The Labute approximate surface area is 153 Å². The van der Waals surface area contributed by atoms with Gasteiger partial charge in [0.15, 0.2) is 0 Å². The average Bonchev–Trinajstić information content (AvgIpc) is 2.65. The van der Waals surface area contributed by atoms with Crippen LogP contribution in [0.15, 0.2) is 66.9 Å². The molecule has 1 heterocycles. The maximum Gasteiger partial charge on any atom is 0.133 e. The average molecular weight is 353 g/mol. The first-order chi connectivity index (χ1) is 12.3. The number of rotatable bonds is 7. The van der Waals surface area contributed by atoms with Gasteiger partial charge in [0, 0.05) is 36.0 Å². The summed E-state index contributed by atoms with van der Waals surface area (Å²) in [5, 5.41) is 3.96. The van der Waals surface area contributed by atoms with Gasteiger partial charge in [0.25, 0.3) is 0 Å². The smallest absolute Gasteiger partial charge is 0.133 e. The Kier molecular flexibility index (Phi) is 6.04. The van der Waals surface area contributed by atoms with E-state index in [-0.39, 0.29) is 0 Å². The largest absolute Gasteiger partial charge is 0.494 e. The van der Waals surface area contributed by atoms with Gasteiger partial charge in [0.1, 0.15) is 10.9 Å². The first-order valence-corrected chi connectivity index (χ1v) is 8.77. The number of hydrogen-bond donors (Lipinski definition) is 1. The second kappa shape index (κ2) is 8.65. The van der Waals surface area contributed by atoms with Crippen LogP contribution in [0.2, 0.25) is 5.15 Å². The van der Waals surface area contributed by atoms with E-state index in [4.69, 9.17) is 16.3 Å². The summed E-state index contributed by atoms with van der Waals surface area (Å²) in [6.45, 7) is 4.01. The van der Waals surface area contributed by atoms with E-state index in [2.05, 4.69) is 34.6 Å². The van der Waals surface area contributed by atoms with Crippen molar-refractivity contribution in [1.29, 1.82) is 0 Å². The van der Waals surface area contributed by atoms with Crippen LogP contribution in [0.1, 0.15) is 18.1 Å². The van der Waals surface area contributed by atoms with Gasteiger partial charge in [0.2, 0.25) is 0 Å². The third-order valence-corrected chi connectivity index (χ3v) is 4.26. The van der Waals surface area contributed by atoms with Crippen LogP contribution in [0.4, 0.5) is 0 Å². The van der Waals surface area contributed by atoms with Gasteiger partial charge in [-0.25, -0.2) is 4.98 Å². The molecule has 1 aromatic heterocycles. The van der Waals surface area contributed by atoms with Gasteiger partial charge in [-0.15, -0.1) is 0 Å². The fraction of sp³-hybridized carbons (Fsp3) is 0.190. The first kappa shape index (κ1) is 17.5. The van der Waals surface area contributed by atoms with E-state index in [9.17, 15) is 0 Å². The molecule has 3 aromatic rings. The molecule has 3 rings (SSSR count). The molecule has 3 nitrogen and oxygen atoms in total. The van der Waals surface area contributed by atoms with Crippen LogP contribution >= 0.6 is 11.6 Å². The van der Waals surface area contributed by atoms with Crippen molar-refractivity contribution in [1.82, 2.24) is 10.3 Å². The van der Waals surface area contributed by atoms with Crippen molar-refractivity contribution in [2.45, 2.75) is 20.0 Å². The van der Waals surface area contributed by atoms with E-state index < -0.39 is 0 Å². The number of aromatic nitrogens is 1. The van der Waals surface area contributed by atoms with E-state index in [0.29, 0.717) is 24.8 Å². The molecule has 0 saturated carbocycles. The van der Waals surface area contributed by atoms with Crippen molar-refractivity contribution in [3.63, 3.8) is 0 Å². The predicted octanol–water partition coefficient (Wildman–Crippen LogP) is 5.09. The standard InChI is InChI=1S/C21H21ClN2O/c1-2-25-20-11-7-6-10-17(20)13-23-14-19-12-18(15-24-21(19)22)16-8-4-3-5-9-16/h3-12,15,23H,2,13-14H2,1H3. The summed E-state index contributed by atoms with van der Waals surface area (Å²) in [7, 11) is 0. The van der Waals surface area contributed by atoms with Gasteiger partial charge in [-0.3, -0.25) is 0 Å². The number of nitrogens with zero attached hydrogens (tertiary/aromatic N) is 1. The zero-order valence-electron chi connectivity index (χ0n) is 14.2. The van der Waals surface area contributed by atoms with Crippen LogP contribution in [0.3, 0.4) is 0 Å². The maximum atomic E-state index is 6.27. The molecule has 128 valence electrons. The van der Waals surface area contributed by atoms with E-state index in [0.717, 1.165) is 28.0 Å². The molecule has 1 N–H and O–H groups in total. The van der Waals surface area contributed by atoms with Crippen molar-refractivity contribution in [2.75, 3.05) is 6.61 Å². The lowest BCUT2D eigenvalue weighted by molar-refractivity contribution is 0.335. The number of pyridine rings is 1. The quantitative estimate of drug-likeness (QED) is 0.601. The fourth-order valence-electron chi connectivity index (χ4n) is 2.68. The first-order valence-electron chi connectivity index (χ1n) is 8.39. The van der Waals surface area contributed by atoms with E-state index in [1.807, 2.05) is 49.5 Å². The number of halogens is 1. The lowest BCUT2D eigenvalue weighted by atomic mass is 10.1. The zero-order valence-corrected chi connectivity index (χ0v) is 15.0. The lowest BCUT2D eigenvalue weighted by Crippen LogP contribution is -2.14. The highest BCUT2D eigenvalue weighted by molar-refractivity contribution is 6.30. The second-order valence-electron chi connectivity index (χ2n) is 5.68. The molecule has 25 heavy (non-hydrogen) atoms. The Morgan fingerprint density at radius 3 is 2.44 bits per heavy atom. The molecule has 0 fully saturated rings. The summed E-state index contributed by atoms with van der Waals surface area (Å²) in [6, 6.07) is 20.3. The summed E-state index contributed by atoms with van der Waals surface area (Å²) in [6.07, 6.45) is 1.81. The third-order valence-electron chi connectivity index (χ3n) is 3.92. The molecule has 4 heteroatoms. The SMILES string of the molecule is CCOc1ccccc1CNCc1cc(-c2ccccc2)cnc1Cl. The molecule has 0 spiro atoms. The lowest BCUT2D eigenvalue weighted by Gasteiger charge is -2.12. The van der Waals surface area contributed by atoms with Crippen LogP contribution < -0.4 is 10.1 Å². The Balaban J connectivity index is 1.69. The molecule has 0 unspecified atom stereocenters. The molecule has 0 saturated heterocycles. The van der Waals surface area contributed by atoms with E-state index in [1.165, 1.54) is 0 Å². The highest BCUT2D eigenvalue weighted by Crippen LogP contribution is 2.23. The highest BCUT2D eigenvalue weighted by Gasteiger charge is 2.07. The fourth-order valence-corrected chi connectivity index (χ4v) is 2.85. The molecule has 0 aliphatic rings. The molecule has 0 amide bonds. The summed E-state index contributed by atoms with van der Waals surface area (Å²) in [5.74, 6) is 0.916. The van der Waals surface area contributed by atoms with Gasteiger partial charge >= 0.3 is 0 Å². The minimum atomic E-state index is 0.533. The van der Waals surface area contributed by atoms with Crippen LogP contribution in [-0.4, -0.2) is 11.6 Å². The summed E-state index contributed by atoms with van der Waals surface area (Å²) >= 11 is 6.27. The number of para-hydroxylation sites is 1. The van der Waals surface area contributed by atoms with Crippen LogP contribution in [-0.2, 0) is 13.1 Å². The minimum Gasteiger partial charge on any atom is -0.494 e. The summed E-state index contributed by atoms with van der Waals surface area (Å²) in [5.41, 5.74) is 4.32. The Bertz CT molecular complexity index is 821. The monoisotopic (exact) mass is 352 g/mol. The predicted molar refractivity (Wildman–Crippen MR) is 103 cm³/mol. The normalized spacial score (nSPS) is 10.6. The number of ether oxygens (including phenoxy) is 1. The number of hydrogen-bond acceptors (Lipinski definition) is 3. The Morgan fingerprint density at radius 1 is 0.920 bits per heavy atom. The molecule has 0 atom stereocenters. The third kappa shape index (κ3) is 4.59. The van der Waals surface area contributed by atoms with Crippen molar-refractivity contribution in [3.8, 4) is 16.9 Å². The molecule has 0 bridgehead atoms. The Morgan fingerprint density at radius 2 is 1.64 bits per heavy atom.